The third-order valence-electron chi connectivity index (χ3n) is 0.642. The van der Waals surface area contributed by atoms with E-state index in [9.17, 15) is 0 Å². The van der Waals surface area contributed by atoms with Crippen LogP contribution in [0.5, 0.6) is 0 Å². The summed E-state index contributed by atoms with van der Waals surface area (Å²) in [6.07, 6.45) is 0. The fourth-order valence-corrected chi connectivity index (χ4v) is 0.329. The summed E-state index contributed by atoms with van der Waals surface area (Å²) in [4.78, 5) is 8.89. The molecule has 0 aromatic heterocycles. The smallest absolute Gasteiger partial charge is 0.550 e. The molecule has 0 bridgehead atoms. The Kier molecular flexibility index (Phi) is 25.4. The van der Waals surface area contributed by atoms with Gasteiger partial charge < -0.3 is 26.7 Å². The van der Waals surface area contributed by atoms with Crippen LogP contribution >= 0.6 is 0 Å². The zero-order chi connectivity index (χ0) is 9.11. The van der Waals surface area contributed by atoms with Gasteiger partial charge in [-0.05, 0) is 6.92 Å². The van der Waals surface area contributed by atoms with Gasteiger partial charge in [0.2, 0.25) is 0 Å². The fourth-order valence-electron chi connectivity index (χ4n) is 0.329. The maximum atomic E-state index is 8.89. The summed E-state index contributed by atoms with van der Waals surface area (Å²) in [6, 6.07) is 0. The minimum absolute atomic E-state index is 0. The molecule has 0 saturated carbocycles. The topological polar surface area (TPSA) is 104 Å². The van der Waals surface area contributed by atoms with Crippen LogP contribution in [-0.4, -0.2) is 32.1 Å². The van der Waals surface area contributed by atoms with Crippen LogP contribution in [0.2, 0.25) is 0 Å². The van der Waals surface area contributed by atoms with Crippen LogP contribution < -0.4 is 21.9 Å². The van der Waals surface area contributed by atoms with Crippen molar-refractivity contribution in [2.75, 3.05) is 26.2 Å². The first-order valence-electron chi connectivity index (χ1n) is 3.43. The number of carbonyl (C=O) groups excluding carboxylic acids is 1. The Bertz CT molecular complexity index is 84.9. The van der Waals surface area contributed by atoms with Crippen LogP contribution in [-0.2, 0) is 21.9 Å². The Hall–Kier alpha value is -0.131. The van der Waals surface area contributed by atoms with Crippen LogP contribution in [0, 0.1) is 0 Å². The molecule has 0 spiro atoms. The van der Waals surface area contributed by atoms with Crippen molar-refractivity contribution in [1.29, 1.82) is 0 Å². The van der Waals surface area contributed by atoms with Gasteiger partial charge in [0, 0.05) is 32.1 Å². The van der Waals surface area contributed by atoms with Crippen molar-refractivity contribution in [3.8, 4) is 0 Å². The average Bonchev–Trinajstić information content (AvgIpc) is 1.88. The molecular weight excluding hydrogens is 210 g/mol. The monoisotopic (exact) mass is 225 g/mol. The molecule has 0 radical (unpaired) electrons. The van der Waals surface area contributed by atoms with Crippen molar-refractivity contribution in [3.63, 3.8) is 0 Å². The van der Waals surface area contributed by atoms with Gasteiger partial charge in [-0.25, -0.2) is 0 Å². The third-order valence-corrected chi connectivity index (χ3v) is 0.642. The Balaban J connectivity index is -0.000000142. The molecular formula is C6H16CuN3O2. The summed E-state index contributed by atoms with van der Waals surface area (Å²) in [6.45, 7) is 4.11. The van der Waals surface area contributed by atoms with E-state index in [-0.39, 0.29) is 17.1 Å². The zero-order valence-electron chi connectivity index (χ0n) is 7.10. The largest absolute Gasteiger partial charge is 1.00 e. The Morgan fingerprint density at radius 2 is 1.58 bits per heavy atom. The standard InChI is InChI=1S/C4H13N3.C2H4O2.Cu/c5-1-3-7-4-2-6;1-2(3)4;/h7H,1-6H2;1H3,(H,3,4);/q;;+1/p-1. The van der Waals surface area contributed by atoms with Crippen LogP contribution in [0.1, 0.15) is 6.92 Å². The molecule has 0 heterocycles. The molecule has 0 unspecified atom stereocenters. The number of carboxylic acids is 1. The minimum Gasteiger partial charge on any atom is -0.550 e. The summed E-state index contributed by atoms with van der Waals surface area (Å²) in [5.74, 6) is -1.08. The predicted octanol–water partition coefficient (Wildman–Crippen LogP) is -2.75. The number of hydrogen-bond acceptors (Lipinski definition) is 5. The van der Waals surface area contributed by atoms with E-state index < -0.39 is 5.97 Å². The van der Waals surface area contributed by atoms with E-state index in [4.69, 9.17) is 21.4 Å². The molecule has 0 aliphatic heterocycles. The van der Waals surface area contributed by atoms with Crippen LogP contribution in [0.25, 0.3) is 0 Å². The van der Waals surface area contributed by atoms with E-state index in [1.54, 1.807) is 0 Å². The molecule has 0 aliphatic rings. The predicted molar refractivity (Wildman–Crippen MR) is 41.7 cm³/mol. The summed E-state index contributed by atoms with van der Waals surface area (Å²) in [7, 11) is 0. The number of nitrogens with two attached hydrogens (primary N) is 2. The Labute approximate surface area is 83.4 Å². The van der Waals surface area contributed by atoms with Crippen LogP contribution in [0.3, 0.4) is 0 Å². The number of rotatable bonds is 4. The van der Waals surface area contributed by atoms with Crippen molar-refractivity contribution in [2.45, 2.75) is 6.92 Å². The number of carbonyl (C=O) groups is 1. The molecule has 0 fully saturated rings. The SMILES string of the molecule is CC(=O)[O-].NCCNCCN.[Cu+]. The summed E-state index contributed by atoms with van der Waals surface area (Å²) < 4.78 is 0. The fraction of sp³-hybridized carbons (Fsp3) is 0.833. The number of nitrogens with one attached hydrogen (secondary N) is 1. The van der Waals surface area contributed by atoms with Crippen molar-refractivity contribution in [2.24, 2.45) is 11.5 Å². The summed E-state index contributed by atoms with van der Waals surface area (Å²) in [5, 5.41) is 11.9. The molecule has 0 saturated heterocycles. The second-order valence-electron chi connectivity index (χ2n) is 1.82. The van der Waals surface area contributed by atoms with Gasteiger partial charge in [-0.2, -0.15) is 0 Å². The second-order valence-corrected chi connectivity index (χ2v) is 1.82. The maximum absolute atomic E-state index is 8.89. The van der Waals surface area contributed by atoms with Crippen molar-refractivity contribution < 1.29 is 27.0 Å². The molecule has 6 heteroatoms. The van der Waals surface area contributed by atoms with Gasteiger partial charge >= 0.3 is 17.1 Å². The molecule has 78 valence electrons. The molecule has 5 nitrogen and oxygen atoms in total. The zero-order valence-corrected chi connectivity index (χ0v) is 8.04. The molecule has 0 atom stereocenters. The van der Waals surface area contributed by atoms with Crippen molar-refractivity contribution in [3.05, 3.63) is 0 Å². The molecule has 0 rings (SSSR count). The first-order chi connectivity index (χ1) is 5.15. The van der Waals surface area contributed by atoms with Crippen LogP contribution in [0.15, 0.2) is 0 Å². The van der Waals surface area contributed by atoms with Gasteiger partial charge in [0.25, 0.3) is 0 Å². The first kappa shape index (κ1) is 17.8. The average molecular weight is 226 g/mol. The quantitative estimate of drug-likeness (QED) is 0.356. The molecule has 5 N–H and O–H groups in total. The number of carboxylic acid groups (broad SMARTS) is 1. The minimum atomic E-state index is -1.08. The summed E-state index contributed by atoms with van der Waals surface area (Å²) in [5.41, 5.74) is 10.3. The van der Waals surface area contributed by atoms with Gasteiger partial charge in [-0.1, -0.05) is 0 Å². The van der Waals surface area contributed by atoms with Gasteiger partial charge in [-0.3, -0.25) is 0 Å². The normalized spacial score (nSPS) is 7.58. The maximum Gasteiger partial charge on any atom is 1.00 e. The van der Waals surface area contributed by atoms with Crippen molar-refractivity contribution >= 4 is 5.97 Å². The van der Waals surface area contributed by atoms with E-state index in [0.29, 0.717) is 13.1 Å². The third kappa shape index (κ3) is 51.9. The van der Waals surface area contributed by atoms with Crippen LogP contribution in [0.4, 0.5) is 0 Å². The van der Waals surface area contributed by atoms with Gasteiger partial charge in [-0.15, -0.1) is 0 Å². The number of aliphatic carboxylic acids is 1. The van der Waals surface area contributed by atoms with Gasteiger partial charge in [0.15, 0.2) is 0 Å². The van der Waals surface area contributed by atoms with Gasteiger partial charge in [0.05, 0.1) is 0 Å². The summed E-state index contributed by atoms with van der Waals surface area (Å²) >= 11 is 0. The van der Waals surface area contributed by atoms with E-state index in [0.717, 1.165) is 20.0 Å². The van der Waals surface area contributed by atoms with E-state index in [1.807, 2.05) is 0 Å². The Morgan fingerprint density at radius 3 is 1.75 bits per heavy atom. The van der Waals surface area contributed by atoms with E-state index >= 15 is 0 Å². The Morgan fingerprint density at radius 1 is 1.33 bits per heavy atom. The molecule has 12 heavy (non-hydrogen) atoms. The number of hydrogen-bond donors (Lipinski definition) is 3. The molecule has 0 amide bonds. The first-order valence-corrected chi connectivity index (χ1v) is 3.43. The molecule has 0 aliphatic carbocycles. The molecule has 0 aromatic rings. The van der Waals surface area contributed by atoms with E-state index in [1.165, 1.54) is 0 Å². The van der Waals surface area contributed by atoms with E-state index in [2.05, 4.69) is 5.32 Å². The molecule has 0 aromatic carbocycles. The second kappa shape index (κ2) is 17.1. The van der Waals surface area contributed by atoms with Gasteiger partial charge in [0.1, 0.15) is 0 Å². The van der Waals surface area contributed by atoms with Crippen molar-refractivity contribution in [1.82, 2.24) is 5.32 Å².